The van der Waals surface area contributed by atoms with E-state index in [1.54, 1.807) is 0 Å². The molecular formula is C65H93N11O18S2. The Balaban J connectivity index is 1.40. The molecule has 2 aromatic rings. The molecule has 4 bridgehead atoms. The number of Topliss-reactive ketones (excluding diaryl/α,β-unsaturated/α-hetero) is 1. The molecule has 31 heteroatoms. The van der Waals surface area contributed by atoms with Crippen LogP contribution in [0, 0.1) is 17.8 Å². The van der Waals surface area contributed by atoms with Gasteiger partial charge in [-0.05, 0) is 138 Å². The molecule has 1 saturated heterocycles. The number of nitrogens with two attached hydrogens (primary N) is 1. The average molecular weight is 1380 g/mol. The quantitative estimate of drug-likeness (QED) is 0.150. The number of carbonyl (C=O) groups is 12. The van der Waals surface area contributed by atoms with E-state index in [-0.39, 0.29) is 73.5 Å². The van der Waals surface area contributed by atoms with Crippen molar-refractivity contribution in [1.82, 2.24) is 47.4 Å². The number of benzene rings is 2. The molecule has 6 rings (SSSR count). The molecule has 14 N–H and O–H groups in total. The van der Waals surface area contributed by atoms with Crippen LogP contribution < -0.4 is 53.0 Å². The van der Waals surface area contributed by atoms with Crippen molar-refractivity contribution in [2.75, 3.05) is 31.3 Å². The molecule has 3 aliphatic heterocycles. The van der Waals surface area contributed by atoms with Gasteiger partial charge in [-0.2, -0.15) is 23.5 Å². The van der Waals surface area contributed by atoms with Gasteiger partial charge in [0.15, 0.2) is 5.78 Å². The number of phenols is 1. The number of nitrogens with zero attached hydrogens (tertiary/aromatic N) is 2. The molecule has 29 nitrogen and oxygen atoms in total. The van der Waals surface area contributed by atoms with Crippen LogP contribution in [0.4, 0.5) is 0 Å². The summed E-state index contributed by atoms with van der Waals surface area (Å²) in [6.45, 7) is 8.63. The number of carboxylic acids is 2. The lowest BCUT2D eigenvalue weighted by atomic mass is 9.83. The Labute approximate surface area is 566 Å². The fourth-order valence-electron chi connectivity index (χ4n) is 12.1. The molecule has 2 aromatic carbocycles. The number of aliphatic carboxylic acids is 2. The molecular weight excluding hydrogens is 1290 g/mol. The molecule has 0 spiro atoms. The van der Waals surface area contributed by atoms with Gasteiger partial charge in [-0.15, -0.1) is 0 Å². The van der Waals surface area contributed by atoms with E-state index in [0.717, 1.165) is 35.1 Å². The number of thioether (sulfide) groups is 2. The predicted octanol–water partition coefficient (Wildman–Crippen LogP) is 1.06. The molecule has 4 aliphatic rings. The average Bonchev–Trinajstić information content (AvgIpc) is 1.61. The van der Waals surface area contributed by atoms with Gasteiger partial charge < -0.3 is 83.2 Å². The number of aliphatic hydroxyl groups excluding tert-OH is 1. The number of primary amides is 1. The van der Waals surface area contributed by atoms with Crippen LogP contribution in [0.2, 0.25) is 0 Å². The Morgan fingerprint density at radius 3 is 1.98 bits per heavy atom. The molecule has 3 heterocycles. The highest BCUT2D eigenvalue weighted by molar-refractivity contribution is 7.98. The van der Waals surface area contributed by atoms with E-state index in [4.69, 9.17) is 15.3 Å². The summed E-state index contributed by atoms with van der Waals surface area (Å²) in [7, 11) is 0. The van der Waals surface area contributed by atoms with Crippen LogP contribution in [-0.4, -0.2) is 200 Å². The number of fused-ring (bicyclic) bond motifs is 7. The summed E-state index contributed by atoms with van der Waals surface area (Å²) in [6.07, 6.45) is 1.69. The number of phenolic OH excluding ortho intramolecular Hbond substituents is 1. The van der Waals surface area contributed by atoms with Crippen molar-refractivity contribution < 1.29 is 87.5 Å². The van der Waals surface area contributed by atoms with Crippen LogP contribution in [0.1, 0.15) is 135 Å². The van der Waals surface area contributed by atoms with Crippen molar-refractivity contribution in [3.8, 4) is 11.5 Å². The maximum absolute atomic E-state index is 15.1. The molecule has 2 fully saturated rings. The van der Waals surface area contributed by atoms with Gasteiger partial charge in [-0.3, -0.25) is 57.5 Å². The Morgan fingerprint density at radius 2 is 1.32 bits per heavy atom. The number of hydrogen-bond acceptors (Lipinski definition) is 20. The van der Waals surface area contributed by atoms with Crippen LogP contribution in [0.3, 0.4) is 0 Å². The van der Waals surface area contributed by atoms with Crippen molar-refractivity contribution in [2.24, 2.45) is 28.6 Å². The number of hydrogen-bond donors (Lipinski definition) is 13. The number of aromatic hydroxyl groups is 1. The number of oxime groups is 1. The van der Waals surface area contributed by atoms with Crippen molar-refractivity contribution in [3.63, 3.8) is 0 Å². The van der Waals surface area contributed by atoms with Gasteiger partial charge in [-0.1, -0.05) is 43.6 Å². The van der Waals surface area contributed by atoms with Crippen LogP contribution in [0.25, 0.3) is 0 Å². The molecule has 1 saturated carbocycles. The second kappa shape index (κ2) is 38.1. The third kappa shape index (κ3) is 24.3. The number of nitrogens with one attached hydrogen (secondary N) is 8. The smallest absolute Gasteiger partial charge is 0.305 e. The van der Waals surface area contributed by atoms with E-state index in [0.29, 0.717) is 55.8 Å². The zero-order chi connectivity index (χ0) is 70.2. The standard InChI is InChI=1S/C65H93N11O18S2/c1-35(2)24-47-61(88)71-49(29-55(82)83)63(90)75-56(38(5)77)65(92)76-21-11-14-52(76)64(91)72-48(28-39-15-17-42(78)18-16-39)62(89)70-46(19-20-54(80)81)60(87)74-51(58(66)85)34-96-32-41-25-40-26-43(27-41)93-22-8-6-7-9-23-94-67-30-53(79)69-37(4)59(86)73-50(33-95-31-40)57(84)45-13-10-12-44(45)36(3)68-47/h15-18,25-27,30,35-38,44-52,56,68,77-78H,6-14,19-24,28-29,31-34H2,1-5H3,(H2,66,85)(H,69,79)(H,70,89)(H,71,88)(H,72,91)(H,73,86)(H,74,87)(H,75,90)(H,80,81)(H,82,83)/b67-30+/t36?,37-,38+,44-,45?,46-,47-,48?,49-,50-,51-,52-,56-/m0/s1. The van der Waals surface area contributed by atoms with E-state index in [9.17, 15) is 73.2 Å². The SMILES string of the molecule is CC(C)C[C@@H]1NC(C)[C@@H]2CCCC2C(=O)[C@@H]2CSCc3cc(cc(c3)OCCCCCCO/N=C/C(=O)N[C@@H](C)C(=O)N2)CSC[C@@H](C(N)=O)NC(=O)[C@H](CCC(=O)O)NC(=O)C(Cc2ccc(O)cc2)NC(=O)[C@@H]2CCCN2C(=O)[C@H]([C@@H](C)O)NC(=O)[C@H](CC(=O)O)NC1=O. The monoisotopic (exact) mass is 1380 g/mol. The number of aliphatic hydroxyl groups is 1. The van der Waals surface area contributed by atoms with E-state index in [1.165, 1.54) is 61.6 Å². The predicted molar refractivity (Wildman–Crippen MR) is 355 cm³/mol. The lowest BCUT2D eigenvalue weighted by Crippen LogP contribution is -2.62. The number of carboxylic acid groups (broad SMARTS) is 2. The Kier molecular flexibility index (Phi) is 30.5. The topological polar surface area (TPSA) is 442 Å². The maximum atomic E-state index is 15.1. The highest BCUT2D eigenvalue weighted by Crippen LogP contribution is 2.37. The number of rotatable bonds is 11. The van der Waals surface area contributed by atoms with Gasteiger partial charge in [0.05, 0.1) is 31.2 Å². The van der Waals surface area contributed by atoms with E-state index in [1.807, 2.05) is 39.0 Å². The van der Waals surface area contributed by atoms with Crippen LogP contribution >= 0.6 is 23.5 Å². The van der Waals surface area contributed by atoms with Gasteiger partial charge in [0.1, 0.15) is 66.6 Å². The van der Waals surface area contributed by atoms with Crippen molar-refractivity contribution in [3.05, 3.63) is 59.2 Å². The largest absolute Gasteiger partial charge is 0.508 e. The third-order valence-corrected chi connectivity index (χ3v) is 19.3. The highest BCUT2D eigenvalue weighted by atomic mass is 32.2. The van der Waals surface area contributed by atoms with E-state index < -0.39 is 163 Å². The Morgan fingerprint density at radius 1 is 0.688 bits per heavy atom. The van der Waals surface area contributed by atoms with Crippen LogP contribution in [-0.2, 0) is 80.3 Å². The second-order valence-corrected chi connectivity index (χ2v) is 27.4. The second-order valence-electron chi connectivity index (χ2n) is 25.3. The number of carbonyl (C=O) groups excluding carboxylic acids is 10. The summed E-state index contributed by atoms with van der Waals surface area (Å²) in [5, 5.41) is 66.3. The minimum atomic E-state index is -1.82. The molecule has 3 unspecified atom stereocenters. The van der Waals surface area contributed by atoms with Gasteiger partial charge >= 0.3 is 11.9 Å². The van der Waals surface area contributed by atoms with Gasteiger partial charge in [0, 0.05) is 54.4 Å². The van der Waals surface area contributed by atoms with Crippen LogP contribution in [0.5, 0.6) is 11.5 Å². The van der Waals surface area contributed by atoms with E-state index in [2.05, 4.69) is 47.7 Å². The molecule has 9 amide bonds. The first-order valence-corrected chi connectivity index (χ1v) is 35.0. The van der Waals surface area contributed by atoms with Crippen molar-refractivity contribution in [1.29, 1.82) is 0 Å². The first-order chi connectivity index (χ1) is 45.7. The van der Waals surface area contributed by atoms with E-state index >= 15 is 4.79 Å². The first-order valence-electron chi connectivity index (χ1n) is 32.7. The first kappa shape index (κ1) is 77.0. The van der Waals surface area contributed by atoms with Gasteiger partial charge in [-0.25, -0.2) is 0 Å². The summed E-state index contributed by atoms with van der Waals surface area (Å²) >= 11 is 2.57. The fraction of sp³-hybridized carbons (Fsp3) is 0.615. The third-order valence-electron chi connectivity index (χ3n) is 17.1. The zero-order valence-electron chi connectivity index (χ0n) is 54.8. The summed E-state index contributed by atoms with van der Waals surface area (Å²) in [5.41, 5.74) is 7.78. The Bertz CT molecular complexity index is 3100. The molecule has 528 valence electrons. The highest BCUT2D eigenvalue weighted by Gasteiger charge is 2.44. The Hall–Kier alpha value is -8.03. The summed E-state index contributed by atoms with van der Waals surface area (Å²) in [5.74, 6) is -11.6. The number of ether oxygens (including phenoxy) is 1. The van der Waals surface area contributed by atoms with Gasteiger partial charge in [0.2, 0.25) is 47.3 Å². The molecule has 0 radical (unpaired) electrons. The number of ketones is 1. The van der Waals surface area contributed by atoms with Crippen molar-refractivity contribution in [2.45, 2.75) is 203 Å². The van der Waals surface area contributed by atoms with Gasteiger partial charge in [0.25, 0.3) is 5.91 Å². The zero-order valence-corrected chi connectivity index (χ0v) is 56.5. The molecule has 1 aliphatic carbocycles. The molecule has 96 heavy (non-hydrogen) atoms. The lowest BCUT2D eigenvalue weighted by Gasteiger charge is -2.33. The van der Waals surface area contributed by atoms with Crippen molar-refractivity contribution >= 4 is 101 Å². The normalized spacial score (nSPS) is 28.2. The minimum Gasteiger partial charge on any atom is -0.508 e. The maximum Gasteiger partial charge on any atom is 0.305 e. The summed E-state index contributed by atoms with van der Waals surface area (Å²) in [4.78, 5) is 173. The fourth-order valence-corrected chi connectivity index (χ4v) is 14.1. The van der Waals surface area contributed by atoms with Crippen LogP contribution in [0.15, 0.2) is 47.6 Å². The number of amides is 9. The lowest BCUT2D eigenvalue weighted by molar-refractivity contribution is -0.145. The molecule has 0 aromatic heterocycles. The molecule has 13 atom stereocenters. The summed E-state index contributed by atoms with van der Waals surface area (Å²) < 4.78 is 6.29. The summed E-state index contributed by atoms with van der Waals surface area (Å²) in [6, 6.07) is -2.22. The minimum absolute atomic E-state index is 0.0157.